The van der Waals surface area contributed by atoms with Crippen LogP contribution in [-0.2, 0) is 0 Å². The van der Waals surface area contributed by atoms with Crippen molar-refractivity contribution in [2.75, 3.05) is 5.32 Å². The zero-order valence-corrected chi connectivity index (χ0v) is 9.00. The Morgan fingerprint density at radius 2 is 2.25 bits per heavy atom. The molecule has 12 heavy (non-hydrogen) atoms. The van der Waals surface area contributed by atoms with Gasteiger partial charge in [-0.25, -0.2) is 0 Å². The van der Waals surface area contributed by atoms with Crippen LogP contribution in [-0.4, -0.2) is 5.11 Å². The molecule has 0 aliphatic rings. The first-order valence-electron chi connectivity index (χ1n) is 3.43. The van der Waals surface area contributed by atoms with Gasteiger partial charge in [0.2, 0.25) is 0 Å². The number of nitrogens with one attached hydrogen (secondary N) is 1. The molecule has 0 spiro atoms. The molecule has 0 amide bonds. The van der Waals surface area contributed by atoms with E-state index in [0.717, 1.165) is 15.7 Å². The monoisotopic (exact) mass is 244 g/mol. The minimum absolute atomic E-state index is 0.279. The van der Waals surface area contributed by atoms with Crippen LogP contribution in [0.2, 0.25) is 0 Å². The Balaban J connectivity index is 3.00. The average molecular weight is 245 g/mol. The van der Waals surface area contributed by atoms with Gasteiger partial charge in [0.05, 0.1) is 5.69 Å². The van der Waals surface area contributed by atoms with E-state index in [9.17, 15) is 0 Å². The summed E-state index contributed by atoms with van der Waals surface area (Å²) < 4.78 is 0.998. The molecule has 0 aliphatic carbocycles. The third-order valence-electron chi connectivity index (χ3n) is 1.45. The Kier molecular flexibility index (Phi) is 3.05. The molecule has 0 bridgehead atoms. The minimum Gasteiger partial charge on any atom is -0.376 e. The van der Waals surface area contributed by atoms with Crippen molar-refractivity contribution in [3.63, 3.8) is 0 Å². The van der Waals surface area contributed by atoms with Gasteiger partial charge in [-0.05, 0) is 46.7 Å². The van der Waals surface area contributed by atoms with Gasteiger partial charge in [0.25, 0.3) is 0 Å². The Labute approximate surface area is 85.3 Å². The van der Waals surface area contributed by atoms with Crippen LogP contribution in [0.5, 0.6) is 0 Å². The molecular weight excluding hydrogens is 236 g/mol. The normalized spacial score (nSPS) is 9.50. The lowest BCUT2D eigenvalue weighted by molar-refractivity contribution is 1.42. The molecule has 0 saturated heterocycles. The fourth-order valence-electron chi connectivity index (χ4n) is 0.877. The number of thiocarbonyl (C=S) groups is 1. The Bertz CT molecular complexity index is 312. The summed E-state index contributed by atoms with van der Waals surface area (Å²) in [5.41, 5.74) is 7.40. The lowest BCUT2D eigenvalue weighted by atomic mass is 10.2. The molecular formula is C8H9BrN2S. The minimum atomic E-state index is 0.279. The molecule has 1 rings (SSSR count). The number of halogens is 1. The predicted molar refractivity (Wildman–Crippen MR) is 59.3 cm³/mol. The second-order valence-electron chi connectivity index (χ2n) is 2.43. The molecule has 3 N–H and O–H groups in total. The van der Waals surface area contributed by atoms with Crippen LogP contribution in [0, 0.1) is 6.92 Å². The smallest absolute Gasteiger partial charge is 0.168 e. The number of anilines is 1. The van der Waals surface area contributed by atoms with Gasteiger partial charge in [-0.2, -0.15) is 0 Å². The van der Waals surface area contributed by atoms with E-state index in [1.54, 1.807) is 0 Å². The van der Waals surface area contributed by atoms with E-state index in [4.69, 9.17) is 18.0 Å². The molecule has 4 heteroatoms. The van der Waals surface area contributed by atoms with Crippen LogP contribution < -0.4 is 11.1 Å². The molecule has 2 nitrogen and oxygen atoms in total. The van der Waals surface area contributed by atoms with E-state index in [1.165, 1.54) is 0 Å². The number of benzene rings is 1. The maximum Gasteiger partial charge on any atom is 0.168 e. The molecule has 1 aromatic carbocycles. The number of hydrogen-bond donors (Lipinski definition) is 2. The highest BCUT2D eigenvalue weighted by molar-refractivity contribution is 9.10. The summed E-state index contributed by atoms with van der Waals surface area (Å²) in [4.78, 5) is 0. The van der Waals surface area contributed by atoms with Gasteiger partial charge >= 0.3 is 0 Å². The van der Waals surface area contributed by atoms with Crippen LogP contribution in [0.15, 0.2) is 22.7 Å². The average Bonchev–Trinajstić information content (AvgIpc) is 1.98. The van der Waals surface area contributed by atoms with Crippen molar-refractivity contribution in [2.24, 2.45) is 5.73 Å². The maximum atomic E-state index is 5.34. The summed E-state index contributed by atoms with van der Waals surface area (Å²) in [6.07, 6.45) is 0. The van der Waals surface area contributed by atoms with Crippen molar-refractivity contribution in [1.29, 1.82) is 0 Å². The van der Waals surface area contributed by atoms with E-state index in [1.807, 2.05) is 25.1 Å². The van der Waals surface area contributed by atoms with Crippen LogP contribution in [0.4, 0.5) is 5.69 Å². The first-order valence-corrected chi connectivity index (χ1v) is 4.63. The summed E-state index contributed by atoms with van der Waals surface area (Å²) in [7, 11) is 0. The number of nitrogens with two attached hydrogens (primary N) is 1. The van der Waals surface area contributed by atoms with E-state index < -0.39 is 0 Å². The molecule has 64 valence electrons. The fourth-order valence-corrected chi connectivity index (χ4v) is 1.35. The van der Waals surface area contributed by atoms with Crippen LogP contribution >= 0.6 is 28.1 Å². The summed E-state index contributed by atoms with van der Waals surface area (Å²) in [6.45, 7) is 2.01. The van der Waals surface area contributed by atoms with E-state index in [-0.39, 0.29) is 5.11 Å². The molecule has 0 heterocycles. The van der Waals surface area contributed by atoms with E-state index >= 15 is 0 Å². The molecule has 0 fully saturated rings. The van der Waals surface area contributed by atoms with Gasteiger partial charge in [0, 0.05) is 4.47 Å². The first kappa shape index (κ1) is 9.48. The summed E-state index contributed by atoms with van der Waals surface area (Å²) in [5, 5.41) is 3.16. The van der Waals surface area contributed by atoms with Crippen LogP contribution in [0.25, 0.3) is 0 Å². The molecule has 0 aliphatic heterocycles. The third-order valence-corrected chi connectivity index (χ3v) is 2.60. The van der Waals surface area contributed by atoms with Gasteiger partial charge in [-0.3, -0.25) is 0 Å². The largest absolute Gasteiger partial charge is 0.376 e. The zero-order valence-electron chi connectivity index (χ0n) is 6.60. The van der Waals surface area contributed by atoms with Crippen LogP contribution in [0.1, 0.15) is 5.56 Å². The fraction of sp³-hybridized carbons (Fsp3) is 0.125. The SMILES string of the molecule is Cc1cccc(NC(N)=S)c1Br. The number of aryl methyl sites for hydroxylation is 1. The van der Waals surface area contributed by atoms with Crippen LogP contribution in [0.3, 0.4) is 0 Å². The van der Waals surface area contributed by atoms with Gasteiger partial charge < -0.3 is 11.1 Å². The third kappa shape index (κ3) is 2.19. The Hall–Kier alpha value is -0.610. The van der Waals surface area contributed by atoms with Gasteiger partial charge in [0.1, 0.15) is 0 Å². The van der Waals surface area contributed by atoms with Crippen molar-refractivity contribution in [3.05, 3.63) is 28.2 Å². The Morgan fingerprint density at radius 1 is 1.58 bits per heavy atom. The zero-order chi connectivity index (χ0) is 9.14. The van der Waals surface area contributed by atoms with Gasteiger partial charge in [0.15, 0.2) is 5.11 Å². The Morgan fingerprint density at radius 3 is 2.83 bits per heavy atom. The molecule has 0 unspecified atom stereocenters. The molecule has 0 saturated carbocycles. The standard InChI is InChI=1S/C8H9BrN2S/c1-5-3-2-4-6(7(5)9)11-8(10)12/h2-4H,1H3,(H3,10,11,12). The van der Waals surface area contributed by atoms with E-state index in [2.05, 4.69) is 21.2 Å². The maximum absolute atomic E-state index is 5.34. The first-order chi connectivity index (χ1) is 5.61. The lowest BCUT2D eigenvalue weighted by Crippen LogP contribution is -2.19. The highest BCUT2D eigenvalue weighted by Gasteiger charge is 2.01. The van der Waals surface area contributed by atoms with E-state index in [0.29, 0.717) is 0 Å². The highest BCUT2D eigenvalue weighted by atomic mass is 79.9. The molecule has 0 atom stereocenters. The summed E-state index contributed by atoms with van der Waals surface area (Å²) in [6, 6.07) is 5.87. The molecule has 1 aromatic rings. The second kappa shape index (κ2) is 3.87. The van der Waals surface area contributed by atoms with Gasteiger partial charge in [-0.15, -0.1) is 0 Å². The number of rotatable bonds is 1. The summed E-state index contributed by atoms with van der Waals surface area (Å²) in [5.74, 6) is 0. The predicted octanol–water partition coefficient (Wildman–Crippen LogP) is 2.41. The van der Waals surface area contributed by atoms with Crippen molar-refractivity contribution in [1.82, 2.24) is 0 Å². The lowest BCUT2D eigenvalue weighted by Gasteiger charge is -2.07. The topological polar surface area (TPSA) is 38.0 Å². The summed E-state index contributed by atoms with van der Waals surface area (Å²) >= 11 is 8.16. The van der Waals surface area contributed by atoms with Crippen molar-refractivity contribution >= 4 is 38.9 Å². The van der Waals surface area contributed by atoms with Crippen molar-refractivity contribution in [3.8, 4) is 0 Å². The molecule has 0 radical (unpaired) electrons. The van der Waals surface area contributed by atoms with Crippen molar-refractivity contribution in [2.45, 2.75) is 6.92 Å². The van der Waals surface area contributed by atoms with Crippen molar-refractivity contribution < 1.29 is 0 Å². The highest BCUT2D eigenvalue weighted by Crippen LogP contribution is 2.25. The van der Waals surface area contributed by atoms with Gasteiger partial charge in [-0.1, -0.05) is 12.1 Å². The number of hydrogen-bond acceptors (Lipinski definition) is 1. The second-order valence-corrected chi connectivity index (χ2v) is 3.66. The quantitative estimate of drug-likeness (QED) is 0.746. The molecule has 0 aromatic heterocycles.